The van der Waals surface area contributed by atoms with Crippen LogP contribution in [0, 0.1) is 0 Å². The molecule has 6 aromatic carbocycles. The average Bonchev–Trinajstić information content (AvgIpc) is 3.59. The van der Waals surface area contributed by atoms with Gasteiger partial charge in [0.05, 0.1) is 27.8 Å². The molecule has 0 unspecified atom stereocenters. The van der Waals surface area contributed by atoms with Gasteiger partial charge in [0.1, 0.15) is 0 Å². The first kappa shape index (κ1) is 22.2. The van der Waals surface area contributed by atoms with Crippen molar-refractivity contribution in [2.24, 2.45) is 0 Å². The number of fused-ring (bicyclic) bond motifs is 5. The lowest BCUT2D eigenvalue weighted by molar-refractivity contribution is 1.03. The third kappa shape index (κ3) is 3.13. The Bertz CT molecular complexity index is 2310. The van der Waals surface area contributed by atoms with Crippen molar-refractivity contribution in [2.45, 2.75) is 0 Å². The van der Waals surface area contributed by atoms with E-state index in [1.165, 1.54) is 38.1 Å². The Morgan fingerprint density at radius 3 is 1.98 bits per heavy atom. The summed E-state index contributed by atoms with van der Waals surface area (Å²) in [4.78, 5) is 7.41. The topological polar surface area (TPSA) is 26.0 Å². The van der Waals surface area contributed by atoms with Gasteiger partial charge in [0, 0.05) is 39.1 Å². The largest absolute Gasteiger partial charge is 0.309 e. The second-order valence-electron chi connectivity index (χ2n) is 10.5. The van der Waals surface area contributed by atoms with Crippen LogP contribution in [-0.4, -0.2) is 14.1 Å². The third-order valence-corrected chi connectivity index (χ3v) is 8.25. The Balaban J connectivity index is 1.37. The molecule has 0 radical (unpaired) electrons. The van der Waals surface area contributed by atoms with E-state index in [0.29, 0.717) is 0 Å². The fraction of sp³-hybridized carbons (Fsp3) is 0. The van der Waals surface area contributed by atoms with Gasteiger partial charge in [0.25, 0.3) is 0 Å². The van der Waals surface area contributed by atoms with Gasteiger partial charge in [-0.25, -0.2) is 4.98 Å². The van der Waals surface area contributed by atoms with Crippen molar-refractivity contribution in [1.29, 1.82) is 0 Å². The molecule has 1 aliphatic rings. The molecule has 4 heteroatoms. The second kappa shape index (κ2) is 8.44. The first-order valence-corrected chi connectivity index (χ1v) is 13.9. The lowest BCUT2D eigenvalue weighted by atomic mass is 9.96. The number of benzene rings is 6. The SMILES string of the molecule is C1=CN(c2nc3ccccc3n2-c2ccccc2)c2cccc3c2c1cc1c2ccccc2n(-c2ccccc2)c31. The van der Waals surface area contributed by atoms with E-state index in [-0.39, 0.29) is 0 Å². The molecule has 0 saturated heterocycles. The maximum absolute atomic E-state index is 5.17. The summed E-state index contributed by atoms with van der Waals surface area (Å²) in [5.41, 5.74) is 9.08. The van der Waals surface area contributed by atoms with Gasteiger partial charge in [-0.2, -0.15) is 0 Å². The van der Waals surface area contributed by atoms with Crippen molar-refractivity contribution in [3.05, 3.63) is 145 Å². The van der Waals surface area contributed by atoms with Crippen LogP contribution < -0.4 is 4.90 Å². The lowest BCUT2D eigenvalue weighted by Gasteiger charge is -2.27. The summed E-state index contributed by atoms with van der Waals surface area (Å²) in [6.45, 7) is 0. The number of anilines is 2. The van der Waals surface area contributed by atoms with Gasteiger partial charge < -0.3 is 4.57 Å². The van der Waals surface area contributed by atoms with Crippen LogP contribution in [0.25, 0.3) is 61.1 Å². The highest BCUT2D eigenvalue weighted by Gasteiger charge is 2.25. The standard InChI is InChI=1S/C37H24N4/c1-3-12-26(13-4-1)40-32-19-9-7-16-28(32)30-24-25-22-23-39(34-21-11-17-29(35(25)34)36(30)40)37-38-31-18-8-10-20-33(31)41(37)27-14-5-2-6-15-27/h1-24H. The monoisotopic (exact) mass is 524 g/mol. The summed E-state index contributed by atoms with van der Waals surface area (Å²) in [6, 6.07) is 47.3. The van der Waals surface area contributed by atoms with Crippen molar-refractivity contribution in [2.75, 3.05) is 4.90 Å². The van der Waals surface area contributed by atoms with Crippen molar-refractivity contribution in [3.8, 4) is 11.4 Å². The summed E-state index contributed by atoms with van der Waals surface area (Å²) in [6.07, 6.45) is 4.40. The van der Waals surface area contributed by atoms with E-state index in [9.17, 15) is 0 Å². The molecule has 0 saturated carbocycles. The maximum atomic E-state index is 5.17. The van der Waals surface area contributed by atoms with E-state index in [1.54, 1.807) is 0 Å². The summed E-state index contributed by atoms with van der Waals surface area (Å²) < 4.78 is 4.67. The minimum Gasteiger partial charge on any atom is -0.309 e. The zero-order valence-corrected chi connectivity index (χ0v) is 22.1. The van der Waals surface area contributed by atoms with E-state index in [1.807, 2.05) is 0 Å². The Kier molecular flexibility index (Phi) is 4.58. The van der Waals surface area contributed by atoms with Crippen LogP contribution in [0.5, 0.6) is 0 Å². The van der Waals surface area contributed by atoms with Gasteiger partial charge in [0.2, 0.25) is 5.95 Å². The Morgan fingerprint density at radius 1 is 0.512 bits per heavy atom. The predicted octanol–water partition coefficient (Wildman–Crippen LogP) is 9.40. The molecule has 3 heterocycles. The minimum absolute atomic E-state index is 0.871. The van der Waals surface area contributed by atoms with Crippen LogP contribution in [0.2, 0.25) is 0 Å². The van der Waals surface area contributed by atoms with Gasteiger partial charge >= 0.3 is 0 Å². The van der Waals surface area contributed by atoms with Crippen molar-refractivity contribution in [1.82, 2.24) is 14.1 Å². The van der Waals surface area contributed by atoms with E-state index in [2.05, 4.69) is 160 Å². The van der Waals surface area contributed by atoms with Gasteiger partial charge in [0.15, 0.2) is 0 Å². The molecule has 0 aliphatic carbocycles. The third-order valence-electron chi connectivity index (χ3n) is 8.25. The molecule has 0 N–H and O–H groups in total. The molecule has 192 valence electrons. The van der Waals surface area contributed by atoms with Crippen molar-refractivity contribution < 1.29 is 0 Å². The first-order chi connectivity index (χ1) is 20.4. The molecule has 2 aromatic heterocycles. The number of imidazole rings is 1. The Hall–Kier alpha value is -5.61. The van der Waals surface area contributed by atoms with E-state index < -0.39 is 0 Å². The molecule has 41 heavy (non-hydrogen) atoms. The van der Waals surface area contributed by atoms with Gasteiger partial charge in [-0.3, -0.25) is 9.47 Å². The number of rotatable bonds is 3. The van der Waals surface area contributed by atoms with E-state index in [4.69, 9.17) is 4.98 Å². The van der Waals surface area contributed by atoms with Crippen LogP contribution in [0.3, 0.4) is 0 Å². The predicted molar refractivity (Wildman–Crippen MR) is 171 cm³/mol. The fourth-order valence-electron chi connectivity index (χ4n) is 6.54. The molecule has 0 spiro atoms. The van der Waals surface area contributed by atoms with Crippen LogP contribution in [-0.2, 0) is 0 Å². The maximum Gasteiger partial charge on any atom is 0.220 e. The molecule has 4 nitrogen and oxygen atoms in total. The summed E-state index contributed by atoms with van der Waals surface area (Å²) >= 11 is 0. The molecule has 8 aromatic rings. The fourth-order valence-corrected chi connectivity index (χ4v) is 6.54. The molecule has 0 bridgehead atoms. The number of nitrogens with zero attached hydrogens (tertiary/aromatic N) is 4. The number of hydrogen-bond donors (Lipinski definition) is 0. The number of aromatic nitrogens is 3. The second-order valence-corrected chi connectivity index (χ2v) is 10.5. The summed E-state index contributed by atoms with van der Waals surface area (Å²) in [5.74, 6) is 0.871. The normalized spacial score (nSPS) is 12.7. The van der Waals surface area contributed by atoms with Crippen molar-refractivity contribution in [3.63, 3.8) is 0 Å². The molecular formula is C37H24N4. The van der Waals surface area contributed by atoms with Gasteiger partial charge in [-0.1, -0.05) is 78.9 Å². The Labute approximate surface area is 236 Å². The highest BCUT2D eigenvalue weighted by atomic mass is 15.3. The quantitative estimate of drug-likeness (QED) is 0.230. The number of para-hydroxylation sites is 5. The van der Waals surface area contributed by atoms with Crippen LogP contribution >= 0.6 is 0 Å². The van der Waals surface area contributed by atoms with Crippen molar-refractivity contribution >= 4 is 61.3 Å². The number of hydrogen-bond acceptors (Lipinski definition) is 2. The van der Waals surface area contributed by atoms with Gasteiger partial charge in [-0.15, -0.1) is 0 Å². The first-order valence-electron chi connectivity index (χ1n) is 13.9. The lowest BCUT2D eigenvalue weighted by Crippen LogP contribution is -2.16. The van der Waals surface area contributed by atoms with Crippen LogP contribution in [0.15, 0.2) is 140 Å². The van der Waals surface area contributed by atoms with Crippen LogP contribution in [0.4, 0.5) is 11.6 Å². The Morgan fingerprint density at radius 2 is 1.17 bits per heavy atom. The zero-order chi connectivity index (χ0) is 26.9. The van der Waals surface area contributed by atoms with E-state index >= 15 is 0 Å². The average molecular weight is 525 g/mol. The summed E-state index contributed by atoms with van der Waals surface area (Å²) in [7, 11) is 0. The highest BCUT2D eigenvalue weighted by Crippen LogP contribution is 2.45. The smallest absolute Gasteiger partial charge is 0.220 e. The highest BCUT2D eigenvalue weighted by molar-refractivity contribution is 6.23. The van der Waals surface area contributed by atoms with E-state index in [0.717, 1.165) is 34.0 Å². The molecule has 0 atom stereocenters. The molecular weight excluding hydrogens is 500 g/mol. The van der Waals surface area contributed by atoms with Crippen LogP contribution in [0.1, 0.15) is 5.56 Å². The zero-order valence-electron chi connectivity index (χ0n) is 22.1. The summed E-state index contributed by atoms with van der Waals surface area (Å²) in [5, 5.41) is 4.98. The molecule has 1 aliphatic heterocycles. The molecule has 0 fully saturated rings. The minimum atomic E-state index is 0.871. The molecule has 9 rings (SSSR count). The van der Waals surface area contributed by atoms with Gasteiger partial charge in [-0.05, 0) is 66.2 Å². The molecule has 0 amide bonds.